The van der Waals surface area contributed by atoms with Crippen LogP contribution in [-0.4, -0.2) is 53.1 Å². The summed E-state index contributed by atoms with van der Waals surface area (Å²) in [5.41, 5.74) is 2.87. The highest BCUT2D eigenvalue weighted by Crippen LogP contribution is 2.13. The van der Waals surface area contributed by atoms with Gasteiger partial charge in [-0.15, -0.1) is 0 Å². The second kappa shape index (κ2) is 8.07. The molecule has 1 unspecified atom stereocenters. The molecule has 2 heterocycles. The number of ether oxygens (including phenoxy) is 1. The number of carbonyl (C=O) groups is 1. The van der Waals surface area contributed by atoms with Crippen molar-refractivity contribution in [3.8, 4) is 0 Å². The standard InChI is InChI=1S/C19H24N4O2/c1-14-12-15(2)21-19(20-14)22-17(13-16-6-4-3-5-7-16)18(24)23-8-10-25-11-9-23/h3-7,12,17H,8-11,13H2,1-2H3,(H,20,21,22). The van der Waals surface area contributed by atoms with Crippen LogP contribution in [0.3, 0.4) is 0 Å². The Hall–Kier alpha value is -2.47. The average Bonchev–Trinajstić information content (AvgIpc) is 2.61. The zero-order chi connectivity index (χ0) is 17.6. The van der Waals surface area contributed by atoms with E-state index in [1.807, 2.05) is 55.1 Å². The zero-order valence-corrected chi connectivity index (χ0v) is 14.7. The Balaban J connectivity index is 1.81. The van der Waals surface area contributed by atoms with Crippen LogP contribution in [0.2, 0.25) is 0 Å². The number of anilines is 1. The fourth-order valence-electron chi connectivity index (χ4n) is 3.00. The Bertz CT molecular complexity index is 694. The molecule has 0 bridgehead atoms. The van der Waals surface area contributed by atoms with Gasteiger partial charge in [-0.1, -0.05) is 30.3 Å². The molecule has 132 valence electrons. The van der Waals surface area contributed by atoms with Crippen molar-refractivity contribution in [2.45, 2.75) is 26.3 Å². The first-order chi connectivity index (χ1) is 12.1. The molecule has 1 aliphatic rings. The maximum absolute atomic E-state index is 13.0. The first kappa shape index (κ1) is 17.4. The Morgan fingerprint density at radius 2 is 1.80 bits per heavy atom. The normalized spacial score (nSPS) is 15.7. The van der Waals surface area contributed by atoms with Gasteiger partial charge in [0.1, 0.15) is 6.04 Å². The van der Waals surface area contributed by atoms with Gasteiger partial charge in [0, 0.05) is 30.9 Å². The van der Waals surface area contributed by atoms with Crippen LogP contribution in [0.25, 0.3) is 0 Å². The van der Waals surface area contributed by atoms with Gasteiger partial charge < -0.3 is 15.0 Å². The van der Waals surface area contributed by atoms with Gasteiger partial charge in [0.2, 0.25) is 11.9 Å². The molecule has 6 nitrogen and oxygen atoms in total. The minimum absolute atomic E-state index is 0.0647. The molecule has 1 saturated heterocycles. The number of carbonyl (C=O) groups excluding carboxylic acids is 1. The Labute approximate surface area is 148 Å². The lowest BCUT2D eigenvalue weighted by molar-refractivity contribution is -0.136. The summed E-state index contributed by atoms with van der Waals surface area (Å²) in [7, 11) is 0. The van der Waals surface area contributed by atoms with Gasteiger partial charge in [-0.2, -0.15) is 0 Å². The van der Waals surface area contributed by atoms with Crippen LogP contribution in [0.15, 0.2) is 36.4 Å². The molecule has 1 fully saturated rings. The van der Waals surface area contributed by atoms with Gasteiger partial charge in [0.05, 0.1) is 13.2 Å². The summed E-state index contributed by atoms with van der Waals surface area (Å²) in [4.78, 5) is 23.7. The minimum atomic E-state index is -0.401. The first-order valence-corrected chi connectivity index (χ1v) is 8.61. The second-order valence-electron chi connectivity index (χ2n) is 6.30. The van der Waals surface area contributed by atoms with Crippen molar-refractivity contribution in [2.75, 3.05) is 31.6 Å². The predicted octanol–water partition coefficient (Wildman–Crippen LogP) is 1.98. The van der Waals surface area contributed by atoms with Gasteiger partial charge in [-0.3, -0.25) is 4.79 Å². The lowest BCUT2D eigenvalue weighted by Gasteiger charge is -2.31. The third kappa shape index (κ3) is 4.76. The number of morpholine rings is 1. The zero-order valence-electron chi connectivity index (χ0n) is 14.7. The molecule has 1 N–H and O–H groups in total. The molecule has 0 radical (unpaired) electrons. The number of amides is 1. The quantitative estimate of drug-likeness (QED) is 0.901. The van der Waals surface area contributed by atoms with Crippen LogP contribution in [0.4, 0.5) is 5.95 Å². The fourth-order valence-corrected chi connectivity index (χ4v) is 3.00. The number of nitrogens with zero attached hydrogens (tertiary/aromatic N) is 3. The fraction of sp³-hybridized carbons (Fsp3) is 0.421. The van der Waals surface area contributed by atoms with E-state index in [4.69, 9.17) is 4.74 Å². The highest BCUT2D eigenvalue weighted by atomic mass is 16.5. The second-order valence-corrected chi connectivity index (χ2v) is 6.30. The summed E-state index contributed by atoms with van der Waals surface area (Å²) in [6, 6.07) is 11.5. The highest BCUT2D eigenvalue weighted by Gasteiger charge is 2.26. The van der Waals surface area contributed by atoms with Gasteiger partial charge in [-0.05, 0) is 25.5 Å². The molecule has 0 saturated carbocycles. The molecule has 0 spiro atoms. The van der Waals surface area contributed by atoms with Crippen LogP contribution < -0.4 is 5.32 Å². The highest BCUT2D eigenvalue weighted by molar-refractivity contribution is 5.84. The molecule has 3 rings (SSSR count). The predicted molar refractivity (Wildman–Crippen MR) is 96.5 cm³/mol. The lowest BCUT2D eigenvalue weighted by atomic mass is 10.0. The van der Waals surface area contributed by atoms with E-state index in [-0.39, 0.29) is 5.91 Å². The SMILES string of the molecule is Cc1cc(C)nc(NC(Cc2ccccc2)C(=O)N2CCOCC2)n1. The van der Waals surface area contributed by atoms with E-state index in [1.165, 1.54) is 0 Å². The number of aryl methyl sites for hydroxylation is 2. The summed E-state index contributed by atoms with van der Waals surface area (Å²) < 4.78 is 5.36. The molecule has 1 aliphatic heterocycles. The van der Waals surface area contributed by atoms with E-state index in [1.54, 1.807) is 0 Å². The number of nitrogens with one attached hydrogen (secondary N) is 1. The number of rotatable bonds is 5. The van der Waals surface area contributed by atoms with E-state index in [9.17, 15) is 4.79 Å². The molecule has 1 atom stereocenters. The molecule has 2 aromatic rings. The van der Waals surface area contributed by atoms with Crippen LogP contribution >= 0.6 is 0 Å². The van der Waals surface area contributed by atoms with Crippen molar-refractivity contribution in [2.24, 2.45) is 0 Å². The molecule has 0 aliphatic carbocycles. The molecular formula is C19H24N4O2. The van der Waals surface area contributed by atoms with Crippen molar-refractivity contribution in [3.63, 3.8) is 0 Å². The first-order valence-electron chi connectivity index (χ1n) is 8.61. The lowest BCUT2D eigenvalue weighted by Crippen LogP contribution is -2.49. The maximum Gasteiger partial charge on any atom is 0.245 e. The van der Waals surface area contributed by atoms with Crippen LogP contribution in [0.5, 0.6) is 0 Å². The molecule has 6 heteroatoms. The third-order valence-electron chi connectivity index (χ3n) is 4.19. The van der Waals surface area contributed by atoms with Gasteiger partial charge >= 0.3 is 0 Å². The summed E-state index contributed by atoms with van der Waals surface area (Å²) in [6.45, 7) is 6.28. The van der Waals surface area contributed by atoms with Gasteiger partial charge in [-0.25, -0.2) is 9.97 Å². The van der Waals surface area contributed by atoms with Crippen molar-refractivity contribution < 1.29 is 9.53 Å². The van der Waals surface area contributed by atoms with E-state index < -0.39 is 6.04 Å². The number of hydrogen-bond donors (Lipinski definition) is 1. The van der Waals surface area contributed by atoms with Crippen LogP contribution in [0, 0.1) is 13.8 Å². The van der Waals surface area contributed by atoms with Crippen LogP contribution in [-0.2, 0) is 16.0 Å². The van der Waals surface area contributed by atoms with Gasteiger partial charge in [0.25, 0.3) is 0 Å². The van der Waals surface area contributed by atoms with E-state index in [2.05, 4.69) is 15.3 Å². The van der Waals surface area contributed by atoms with Crippen molar-refractivity contribution in [1.82, 2.24) is 14.9 Å². The van der Waals surface area contributed by atoms with Crippen molar-refractivity contribution in [1.29, 1.82) is 0 Å². The largest absolute Gasteiger partial charge is 0.378 e. The minimum Gasteiger partial charge on any atom is -0.378 e. The summed E-state index contributed by atoms with van der Waals surface area (Å²) in [5.74, 6) is 0.565. The molecule has 1 amide bonds. The number of aromatic nitrogens is 2. The number of benzene rings is 1. The number of hydrogen-bond acceptors (Lipinski definition) is 5. The third-order valence-corrected chi connectivity index (χ3v) is 4.19. The smallest absolute Gasteiger partial charge is 0.245 e. The monoisotopic (exact) mass is 340 g/mol. The van der Waals surface area contributed by atoms with E-state index in [0.29, 0.717) is 38.7 Å². The van der Waals surface area contributed by atoms with E-state index >= 15 is 0 Å². The summed E-state index contributed by atoms with van der Waals surface area (Å²) >= 11 is 0. The molecular weight excluding hydrogens is 316 g/mol. The maximum atomic E-state index is 13.0. The average molecular weight is 340 g/mol. The Morgan fingerprint density at radius 3 is 2.44 bits per heavy atom. The topological polar surface area (TPSA) is 67.4 Å². The molecule has 1 aromatic heterocycles. The van der Waals surface area contributed by atoms with Gasteiger partial charge in [0.15, 0.2) is 0 Å². The Morgan fingerprint density at radius 1 is 1.16 bits per heavy atom. The molecule has 25 heavy (non-hydrogen) atoms. The molecule has 1 aromatic carbocycles. The van der Waals surface area contributed by atoms with Crippen molar-refractivity contribution in [3.05, 3.63) is 53.3 Å². The summed E-state index contributed by atoms with van der Waals surface area (Å²) in [6.07, 6.45) is 0.591. The Kier molecular flexibility index (Phi) is 5.60. The van der Waals surface area contributed by atoms with Crippen molar-refractivity contribution >= 4 is 11.9 Å². The summed E-state index contributed by atoms with van der Waals surface area (Å²) in [5, 5.41) is 3.25. The van der Waals surface area contributed by atoms with Crippen LogP contribution in [0.1, 0.15) is 17.0 Å². The van der Waals surface area contributed by atoms with E-state index in [0.717, 1.165) is 17.0 Å².